The Balaban J connectivity index is 1.45. The van der Waals surface area contributed by atoms with E-state index in [0.717, 1.165) is 6.26 Å². The van der Waals surface area contributed by atoms with Gasteiger partial charge in [-0.2, -0.15) is 0 Å². The van der Waals surface area contributed by atoms with E-state index in [1.165, 1.54) is 28.6 Å². The molecule has 0 bridgehead atoms. The summed E-state index contributed by atoms with van der Waals surface area (Å²) < 4.78 is 55.0. The summed E-state index contributed by atoms with van der Waals surface area (Å²) in [7, 11) is -3.54. The van der Waals surface area contributed by atoms with Gasteiger partial charge >= 0.3 is 0 Å². The first-order chi connectivity index (χ1) is 14.8. The second-order valence-electron chi connectivity index (χ2n) is 6.92. The van der Waals surface area contributed by atoms with E-state index in [9.17, 15) is 17.6 Å². The van der Waals surface area contributed by atoms with Crippen molar-refractivity contribution in [3.63, 3.8) is 0 Å². The molecule has 31 heavy (non-hydrogen) atoms. The van der Waals surface area contributed by atoms with Gasteiger partial charge in [-0.1, -0.05) is 0 Å². The van der Waals surface area contributed by atoms with Gasteiger partial charge in [-0.3, -0.25) is 9.10 Å². The fourth-order valence-electron chi connectivity index (χ4n) is 3.04. The first kappa shape index (κ1) is 22.7. The molecule has 1 aliphatic heterocycles. The first-order valence-corrected chi connectivity index (χ1v) is 11.7. The van der Waals surface area contributed by atoms with E-state index >= 15 is 0 Å². The molecule has 8 nitrogen and oxygen atoms in total. The minimum atomic E-state index is -3.54. The molecule has 0 unspecified atom stereocenters. The maximum Gasteiger partial charge on any atom is 0.232 e. The van der Waals surface area contributed by atoms with Crippen molar-refractivity contribution in [1.29, 1.82) is 0 Å². The van der Waals surface area contributed by atoms with Crippen LogP contribution in [0.1, 0.15) is 12.8 Å². The lowest BCUT2D eigenvalue weighted by Gasteiger charge is -2.25. The number of ether oxygens (including phenoxy) is 3. The topological polar surface area (TPSA) is 94.2 Å². The summed E-state index contributed by atoms with van der Waals surface area (Å²) in [4.78, 5) is 12.0. The third-order valence-corrected chi connectivity index (χ3v) is 5.68. The van der Waals surface area contributed by atoms with Gasteiger partial charge in [0.15, 0.2) is 11.5 Å². The molecule has 0 saturated carbocycles. The number of carbonyl (C=O) groups is 1. The van der Waals surface area contributed by atoms with Crippen LogP contribution in [0.4, 0.5) is 10.1 Å². The van der Waals surface area contributed by atoms with Gasteiger partial charge in [-0.25, -0.2) is 12.8 Å². The van der Waals surface area contributed by atoms with Crippen molar-refractivity contribution in [3.8, 4) is 17.2 Å². The molecule has 3 rings (SSSR count). The molecular weight excluding hydrogens is 427 g/mol. The van der Waals surface area contributed by atoms with Gasteiger partial charge in [-0.05, 0) is 42.8 Å². The zero-order chi connectivity index (χ0) is 22.3. The molecule has 0 atom stereocenters. The van der Waals surface area contributed by atoms with Gasteiger partial charge in [0.1, 0.15) is 31.4 Å². The third-order valence-electron chi connectivity index (χ3n) is 4.49. The van der Waals surface area contributed by atoms with E-state index in [0.29, 0.717) is 42.6 Å². The van der Waals surface area contributed by atoms with Gasteiger partial charge in [-0.15, -0.1) is 0 Å². The van der Waals surface area contributed by atoms with E-state index in [1.54, 1.807) is 18.2 Å². The highest BCUT2D eigenvalue weighted by atomic mass is 32.2. The Morgan fingerprint density at radius 3 is 2.55 bits per heavy atom. The molecule has 2 aromatic carbocycles. The van der Waals surface area contributed by atoms with Gasteiger partial charge in [0, 0.05) is 19.0 Å². The molecule has 1 heterocycles. The van der Waals surface area contributed by atoms with Crippen LogP contribution in [0.15, 0.2) is 42.5 Å². The Morgan fingerprint density at radius 2 is 1.84 bits per heavy atom. The van der Waals surface area contributed by atoms with Crippen LogP contribution >= 0.6 is 0 Å². The van der Waals surface area contributed by atoms with Gasteiger partial charge < -0.3 is 19.5 Å². The summed E-state index contributed by atoms with van der Waals surface area (Å²) in [6, 6.07) is 10.6. The van der Waals surface area contributed by atoms with Crippen LogP contribution in [-0.4, -0.2) is 53.5 Å². The second kappa shape index (κ2) is 10.3. The van der Waals surface area contributed by atoms with Crippen molar-refractivity contribution in [3.05, 3.63) is 48.3 Å². The Hall–Kier alpha value is -3.01. The van der Waals surface area contributed by atoms with Crippen LogP contribution in [0.5, 0.6) is 17.2 Å². The van der Waals surface area contributed by atoms with E-state index < -0.39 is 10.0 Å². The van der Waals surface area contributed by atoms with Crippen LogP contribution in [0.3, 0.4) is 0 Å². The Morgan fingerprint density at radius 1 is 1.13 bits per heavy atom. The molecular formula is C21H25FN2O6S. The number of amides is 1. The average Bonchev–Trinajstić information content (AvgIpc) is 2.74. The summed E-state index contributed by atoms with van der Waals surface area (Å²) in [5.41, 5.74) is 0.458. The highest BCUT2D eigenvalue weighted by Gasteiger charge is 2.21. The molecule has 0 fully saturated rings. The third kappa shape index (κ3) is 6.74. The van der Waals surface area contributed by atoms with E-state index in [1.807, 2.05) is 0 Å². The number of carbonyl (C=O) groups excluding carboxylic acids is 1. The van der Waals surface area contributed by atoms with Crippen molar-refractivity contribution in [1.82, 2.24) is 5.32 Å². The first-order valence-electron chi connectivity index (χ1n) is 9.85. The number of halogens is 1. The van der Waals surface area contributed by atoms with Gasteiger partial charge in [0.05, 0.1) is 18.5 Å². The molecule has 1 amide bonds. The molecule has 0 aromatic heterocycles. The van der Waals surface area contributed by atoms with Crippen molar-refractivity contribution in [2.75, 3.05) is 43.5 Å². The number of hydrogen-bond donors (Lipinski definition) is 1. The van der Waals surface area contributed by atoms with E-state index in [4.69, 9.17) is 14.2 Å². The standard InChI is InChI=1S/C21H25FN2O6S/c1-31(26,27)24(17-6-9-19-20(15-17)30-14-13-29-19)11-2-3-21(25)23-10-12-28-18-7-4-16(22)5-8-18/h4-9,15H,2-3,10-14H2,1H3,(H,23,25). The molecule has 0 radical (unpaired) electrons. The smallest absolute Gasteiger partial charge is 0.232 e. The van der Waals surface area contributed by atoms with Crippen molar-refractivity contribution < 1.29 is 31.8 Å². The van der Waals surface area contributed by atoms with Gasteiger partial charge in [0.25, 0.3) is 0 Å². The number of benzene rings is 2. The highest BCUT2D eigenvalue weighted by Crippen LogP contribution is 2.34. The molecule has 10 heteroatoms. The lowest BCUT2D eigenvalue weighted by Crippen LogP contribution is -2.33. The van der Waals surface area contributed by atoms with Crippen molar-refractivity contribution >= 4 is 21.6 Å². The van der Waals surface area contributed by atoms with Crippen LogP contribution < -0.4 is 23.8 Å². The predicted molar refractivity (Wildman–Crippen MR) is 114 cm³/mol. The average molecular weight is 453 g/mol. The van der Waals surface area contributed by atoms with Gasteiger partial charge in [0.2, 0.25) is 15.9 Å². The molecule has 0 saturated heterocycles. The number of nitrogens with zero attached hydrogens (tertiary/aromatic N) is 1. The van der Waals surface area contributed by atoms with Crippen molar-refractivity contribution in [2.24, 2.45) is 0 Å². The maximum atomic E-state index is 12.8. The number of fused-ring (bicyclic) bond motifs is 1. The summed E-state index contributed by atoms with van der Waals surface area (Å²) in [5.74, 6) is 1.03. The summed E-state index contributed by atoms with van der Waals surface area (Å²) in [6.07, 6.45) is 1.62. The zero-order valence-electron chi connectivity index (χ0n) is 17.2. The van der Waals surface area contributed by atoms with E-state index in [-0.39, 0.29) is 37.8 Å². The van der Waals surface area contributed by atoms with Crippen LogP contribution in [-0.2, 0) is 14.8 Å². The lowest BCUT2D eigenvalue weighted by molar-refractivity contribution is -0.121. The minimum Gasteiger partial charge on any atom is -0.492 e. The number of sulfonamides is 1. The number of anilines is 1. The second-order valence-corrected chi connectivity index (χ2v) is 8.83. The molecule has 0 aliphatic carbocycles. The molecule has 0 spiro atoms. The fraction of sp³-hybridized carbons (Fsp3) is 0.381. The number of nitrogens with one attached hydrogen (secondary N) is 1. The van der Waals surface area contributed by atoms with Crippen LogP contribution in [0.25, 0.3) is 0 Å². The largest absolute Gasteiger partial charge is 0.492 e. The normalized spacial score (nSPS) is 12.8. The van der Waals surface area contributed by atoms with Crippen molar-refractivity contribution in [2.45, 2.75) is 12.8 Å². The summed E-state index contributed by atoms with van der Waals surface area (Å²) >= 11 is 0. The number of rotatable bonds is 10. The molecule has 168 valence electrons. The molecule has 1 aliphatic rings. The molecule has 2 aromatic rings. The fourth-order valence-corrected chi connectivity index (χ4v) is 3.99. The van der Waals surface area contributed by atoms with Crippen LogP contribution in [0, 0.1) is 5.82 Å². The lowest BCUT2D eigenvalue weighted by atomic mass is 10.2. The Kier molecular flexibility index (Phi) is 7.56. The van der Waals surface area contributed by atoms with Crippen LogP contribution in [0.2, 0.25) is 0 Å². The Labute approximate surface area is 181 Å². The number of hydrogen-bond acceptors (Lipinski definition) is 6. The summed E-state index contributed by atoms with van der Waals surface area (Å²) in [6.45, 7) is 1.53. The maximum absolute atomic E-state index is 12.8. The minimum absolute atomic E-state index is 0.151. The molecule has 1 N–H and O–H groups in total. The quantitative estimate of drug-likeness (QED) is 0.556. The highest BCUT2D eigenvalue weighted by molar-refractivity contribution is 7.92. The summed E-state index contributed by atoms with van der Waals surface area (Å²) in [5, 5.41) is 2.71. The Bertz CT molecular complexity index is 997. The SMILES string of the molecule is CS(=O)(=O)N(CCCC(=O)NCCOc1ccc(F)cc1)c1ccc2c(c1)OCCO2. The zero-order valence-corrected chi connectivity index (χ0v) is 18.0. The monoisotopic (exact) mass is 452 g/mol. The predicted octanol–water partition coefficient (Wildman–Crippen LogP) is 2.34. The van der Waals surface area contributed by atoms with E-state index in [2.05, 4.69) is 5.32 Å².